The zero-order valence-electron chi connectivity index (χ0n) is 13.3. The topological polar surface area (TPSA) is 89.8 Å². The third kappa shape index (κ3) is 3.85. The standard InChI is InChI=1S/C16H20N2O5/c1-11(18(21)22)7-12-8-13-3-5-17(6-4-15(20)23-2)16(13)14(9-12)10-19/h8-11H,3-7H2,1-2H3/t11-/m1/s1. The Kier molecular flexibility index (Phi) is 5.31. The maximum Gasteiger partial charge on any atom is 0.307 e. The lowest BCUT2D eigenvalue weighted by Gasteiger charge is -2.20. The number of ether oxygens (including phenoxy) is 1. The summed E-state index contributed by atoms with van der Waals surface area (Å²) in [6.45, 7) is 2.77. The molecule has 124 valence electrons. The third-order valence-electron chi connectivity index (χ3n) is 4.08. The maximum absolute atomic E-state index is 11.4. The van der Waals surface area contributed by atoms with Gasteiger partial charge in [-0.2, -0.15) is 0 Å². The molecule has 0 radical (unpaired) electrons. The Labute approximate surface area is 134 Å². The second kappa shape index (κ2) is 7.21. The molecule has 0 saturated heterocycles. The quantitative estimate of drug-likeness (QED) is 0.328. The fraction of sp³-hybridized carbons (Fsp3) is 0.500. The van der Waals surface area contributed by atoms with Crippen LogP contribution < -0.4 is 4.90 Å². The van der Waals surface area contributed by atoms with Gasteiger partial charge in [0.05, 0.1) is 19.2 Å². The third-order valence-corrected chi connectivity index (χ3v) is 4.08. The lowest BCUT2D eigenvalue weighted by Crippen LogP contribution is -2.25. The van der Waals surface area contributed by atoms with Gasteiger partial charge < -0.3 is 9.64 Å². The van der Waals surface area contributed by atoms with Crippen LogP contribution in [0.3, 0.4) is 0 Å². The van der Waals surface area contributed by atoms with E-state index < -0.39 is 6.04 Å². The number of fused-ring (bicyclic) bond motifs is 1. The zero-order chi connectivity index (χ0) is 17.0. The van der Waals surface area contributed by atoms with Crippen LogP contribution in [0.25, 0.3) is 0 Å². The average molecular weight is 320 g/mol. The van der Waals surface area contributed by atoms with Crippen molar-refractivity contribution in [2.45, 2.75) is 32.2 Å². The van der Waals surface area contributed by atoms with Gasteiger partial charge in [0.25, 0.3) is 0 Å². The van der Waals surface area contributed by atoms with Gasteiger partial charge in [-0.25, -0.2) is 0 Å². The van der Waals surface area contributed by atoms with Crippen molar-refractivity contribution in [2.75, 3.05) is 25.1 Å². The summed E-state index contributed by atoms with van der Waals surface area (Å²) in [5, 5.41) is 10.8. The van der Waals surface area contributed by atoms with E-state index in [1.165, 1.54) is 7.11 Å². The Morgan fingerprint density at radius 3 is 2.87 bits per heavy atom. The van der Waals surface area contributed by atoms with Crippen LogP contribution in [-0.2, 0) is 22.4 Å². The number of anilines is 1. The fourth-order valence-electron chi connectivity index (χ4n) is 2.91. The molecule has 0 amide bonds. The first-order valence-electron chi connectivity index (χ1n) is 7.52. The Morgan fingerprint density at radius 1 is 1.52 bits per heavy atom. The summed E-state index contributed by atoms with van der Waals surface area (Å²) in [4.78, 5) is 35.2. The Morgan fingerprint density at radius 2 is 2.26 bits per heavy atom. The summed E-state index contributed by atoms with van der Waals surface area (Å²) in [6.07, 6.45) is 2.09. The number of aldehydes is 1. The summed E-state index contributed by atoms with van der Waals surface area (Å²) < 4.78 is 4.64. The molecule has 1 heterocycles. The molecule has 0 fully saturated rings. The number of rotatable bonds is 7. The summed E-state index contributed by atoms with van der Waals surface area (Å²) in [7, 11) is 1.35. The molecule has 23 heavy (non-hydrogen) atoms. The molecule has 0 bridgehead atoms. The van der Waals surface area contributed by atoms with E-state index in [1.807, 2.05) is 11.0 Å². The van der Waals surface area contributed by atoms with Gasteiger partial charge in [-0.05, 0) is 23.6 Å². The molecule has 1 aliphatic rings. The highest BCUT2D eigenvalue weighted by molar-refractivity contribution is 5.88. The summed E-state index contributed by atoms with van der Waals surface area (Å²) in [5.41, 5.74) is 3.16. The van der Waals surface area contributed by atoms with Gasteiger partial charge in [0, 0.05) is 36.9 Å². The molecule has 1 atom stereocenters. The zero-order valence-corrected chi connectivity index (χ0v) is 13.3. The minimum Gasteiger partial charge on any atom is -0.469 e. The molecule has 1 aromatic rings. The molecular formula is C16H20N2O5. The van der Waals surface area contributed by atoms with E-state index in [4.69, 9.17) is 0 Å². The number of nitro groups is 1. The SMILES string of the molecule is COC(=O)CCN1CCc2cc(C[C@@H](C)[N+](=O)[O-])cc(C=O)c21. The second-order valence-electron chi connectivity index (χ2n) is 5.71. The van der Waals surface area contributed by atoms with Crippen LogP contribution in [0, 0.1) is 10.1 Å². The van der Waals surface area contributed by atoms with Gasteiger partial charge >= 0.3 is 5.97 Å². The van der Waals surface area contributed by atoms with Crippen molar-refractivity contribution >= 4 is 17.9 Å². The Bertz CT molecular complexity index is 629. The van der Waals surface area contributed by atoms with Crippen molar-refractivity contribution in [3.8, 4) is 0 Å². The van der Waals surface area contributed by atoms with Crippen LogP contribution in [-0.4, -0.2) is 43.4 Å². The van der Waals surface area contributed by atoms with E-state index in [9.17, 15) is 19.7 Å². The van der Waals surface area contributed by atoms with Gasteiger partial charge in [0.1, 0.15) is 0 Å². The van der Waals surface area contributed by atoms with Crippen LogP contribution in [0.1, 0.15) is 34.8 Å². The van der Waals surface area contributed by atoms with E-state index in [2.05, 4.69) is 4.74 Å². The monoisotopic (exact) mass is 320 g/mol. The lowest BCUT2D eigenvalue weighted by atomic mass is 9.99. The summed E-state index contributed by atoms with van der Waals surface area (Å²) >= 11 is 0. The highest BCUT2D eigenvalue weighted by Crippen LogP contribution is 2.33. The van der Waals surface area contributed by atoms with Crippen LogP contribution in [0.4, 0.5) is 5.69 Å². The molecule has 0 aliphatic carbocycles. The number of carbonyl (C=O) groups excluding carboxylic acids is 2. The first-order chi connectivity index (χ1) is 11.0. The summed E-state index contributed by atoms with van der Waals surface area (Å²) in [6, 6.07) is 2.95. The summed E-state index contributed by atoms with van der Waals surface area (Å²) in [5.74, 6) is -0.289. The van der Waals surface area contributed by atoms with Crippen molar-refractivity contribution in [3.05, 3.63) is 38.9 Å². The predicted octanol–water partition coefficient (Wildman–Crippen LogP) is 1.63. The van der Waals surface area contributed by atoms with E-state index in [-0.39, 0.29) is 17.3 Å². The fourth-order valence-corrected chi connectivity index (χ4v) is 2.91. The largest absolute Gasteiger partial charge is 0.469 e. The lowest BCUT2D eigenvalue weighted by molar-refractivity contribution is -0.517. The van der Waals surface area contributed by atoms with Crippen molar-refractivity contribution < 1.29 is 19.2 Å². The molecular weight excluding hydrogens is 300 g/mol. The first-order valence-corrected chi connectivity index (χ1v) is 7.52. The normalized spacial score (nSPS) is 14.3. The molecule has 1 aromatic carbocycles. The highest BCUT2D eigenvalue weighted by atomic mass is 16.6. The number of methoxy groups -OCH3 is 1. The van der Waals surface area contributed by atoms with Crippen molar-refractivity contribution in [3.63, 3.8) is 0 Å². The number of carbonyl (C=O) groups is 2. The Hall–Kier alpha value is -2.44. The number of hydrogen-bond donors (Lipinski definition) is 0. The molecule has 0 aromatic heterocycles. The van der Waals surface area contributed by atoms with E-state index in [0.29, 0.717) is 18.5 Å². The van der Waals surface area contributed by atoms with Gasteiger partial charge in [-0.3, -0.25) is 19.7 Å². The van der Waals surface area contributed by atoms with E-state index in [1.54, 1.807) is 13.0 Å². The molecule has 7 heteroatoms. The molecule has 0 N–H and O–H groups in total. The van der Waals surface area contributed by atoms with Gasteiger partial charge in [0.2, 0.25) is 6.04 Å². The minimum atomic E-state index is -0.690. The smallest absolute Gasteiger partial charge is 0.307 e. The second-order valence-corrected chi connectivity index (χ2v) is 5.71. The van der Waals surface area contributed by atoms with Crippen LogP contribution in [0.5, 0.6) is 0 Å². The number of benzene rings is 1. The van der Waals surface area contributed by atoms with Crippen molar-refractivity contribution in [1.29, 1.82) is 0 Å². The maximum atomic E-state index is 11.4. The first kappa shape index (κ1) is 16.9. The number of esters is 1. The van der Waals surface area contributed by atoms with Crippen LogP contribution >= 0.6 is 0 Å². The number of nitrogens with zero attached hydrogens (tertiary/aromatic N) is 2. The van der Waals surface area contributed by atoms with Gasteiger partial charge in [-0.15, -0.1) is 0 Å². The highest BCUT2D eigenvalue weighted by Gasteiger charge is 2.25. The van der Waals surface area contributed by atoms with Crippen LogP contribution in [0.2, 0.25) is 0 Å². The molecule has 0 unspecified atom stereocenters. The molecule has 1 aliphatic heterocycles. The molecule has 0 spiro atoms. The molecule has 0 saturated carbocycles. The van der Waals surface area contributed by atoms with Gasteiger partial charge in [0.15, 0.2) is 6.29 Å². The van der Waals surface area contributed by atoms with Crippen molar-refractivity contribution in [1.82, 2.24) is 0 Å². The predicted molar refractivity (Wildman–Crippen MR) is 84.5 cm³/mol. The van der Waals surface area contributed by atoms with E-state index >= 15 is 0 Å². The Balaban J connectivity index is 2.22. The number of hydrogen-bond acceptors (Lipinski definition) is 6. The molecule has 7 nitrogen and oxygen atoms in total. The van der Waals surface area contributed by atoms with Crippen LogP contribution in [0.15, 0.2) is 12.1 Å². The van der Waals surface area contributed by atoms with Crippen molar-refractivity contribution in [2.24, 2.45) is 0 Å². The molecule has 2 rings (SSSR count). The van der Waals surface area contributed by atoms with Gasteiger partial charge in [-0.1, -0.05) is 6.07 Å². The minimum absolute atomic E-state index is 0.258. The average Bonchev–Trinajstić information content (AvgIpc) is 2.94. The van der Waals surface area contributed by atoms with E-state index in [0.717, 1.165) is 36.1 Å².